The molecule has 2 N–H and O–H groups in total. The third-order valence-corrected chi connectivity index (χ3v) is 5.14. The molecule has 3 aromatic rings. The number of ether oxygens (including phenoxy) is 1. The second kappa shape index (κ2) is 9.90. The second-order valence-corrected chi connectivity index (χ2v) is 7.65. The quantitative estimate of drug-likeness (QED) is 0.477. The molecule has 0 bridgehead atoms. The van der Waals surface area contributed by atoms with E-state index in [1.807, 2.05) is 24.9 Å². The van der Waals surface area contributed by atoms with Gasteiger partial charge in [0.1, 0.15) is 5.69 Å². The molecular formula is C22H25F2N7O2. The van der Waals surface area contributed by atoms with Crippen LogP contribution in [0.25, 0.3) is 0 Å². The first kappa shape index (κ1) is 22.6. The van der Waals surface area contributed by atoms with Crippen LogP contribution in [0.3, 0.4) is 0 Å². The Balaban J connectivity index is 1.43. The average molecular weight is 457 g/mol. The number of anilines is 3. The maximum atomic E-state index is 13.4. The molecular weight excluding hydrogens is 432 g/mol. The summed E-state index contributed by atoms with van der Waals surface area (Å²) in [5.41, 5.74) is 2.75. The minimum absolute atomic E-state index is 0.111. The van der Waals surface area contributed by atoms with Gasteiger partial charge in [-0.15, -0.1) is 0 Å². The lowest BCUT2D eigenvalue weighted by Crippen LogP contribution is -2.41. The molecule has 0 fully saturated rings. The summed E-state index contributed by atoms with van der Waals surface area (Å²) in [5, 5.41) is 10.3. The Morgan fingerprint density at radius 1 is 1.21 bits per heavy atom. The average Bonchev–Trinajstić information content (AvgIpc) is 3.23. The maximum Gasteiger partial charge on any atom is 0.244 e. The fourth-order valence-corrected chi connectivity index (χ4v) is 3.53. The van der Waals surface area contributed by atoms with Crippen LogP contribution in [0.1, 0.15) is 23.7 Å². The number of amides is 1. The largest absolute Gasteiger partial charge is 0.380 e. The number of hydrogen-bond acceptors (Lipinski definition) is 7. The number of aryl methyl sites for hydroxylation is 1. The number of carbonyl (C=O) groups is 1. The van der Waals surface area contributed by atoms with Crippen molar-refractivity contribution in [2.24, 2.45) is 0 Å². The fourth-order valence-electron chi connectivity index (χ4n) is 3.53. The van der Waals surface area contributed by atoms with Gasteiger partial charge in [-0.2, -0.15) is 10.1 Å². The monoisotopic (exact) mass is 457 g/mol. The van der Waals surface area contributed by atoms with Gasteiger partial charge in [-0.05, 0) is 31.5 Å². The molecule has 0 atom stereocenters. The molecule has 0 saturated heterocycles. The molecule has 0 saturated carbocycles. The number of rotatable bonds is 9. The van der Waals surface area contributed by atoms with Crippen LogP contribution in [0, 0.1) is 18.6 Å². The van der Waals surface area contributed by atoms with Crippen LogP contribution in [-0.4, -0.2) is 52.0 Å². The van der Waals surface area contributed by atoms with Crippen molar-refractivity contribution in [3.05, 3.63) is 59.0 Å². The summed E-state index contributed by atoms with van der Waals surface area (Å²) < 4.78 is 33.6. The third-order valence-electron chi connectivity index (χ3n) is 5.14. The predicted molar refractivity (Wildman–Crippen MR) is 119 cm³/mol. The Bertz CT molecular complexity index is 1150. The summed E-state index contributed by atoms with van der Waals surface area (Å²) >= 11 is 0. The number of halogens is 2. The van der Waals surface area contributed by atoms with Gasteiger partial charge in [0.05, 0.1) is 31.6 Å². The zero-order chi connectivity index (χ0) is 23.4. The first-order chi connectivity index (χ1) is 15.9. The van der Waals surface area contributed by atoms with Gasteiger partial charge in [-0.3, -0.25) is 9.48 Å². The number of nitrogens with one attached hydrogen (secondary N) is 2. The molecule has 1 aliphatic heterocycles. The molecule has 4 rings (SSSR count). The van der Waals surface area contributed by atoms with Crippen LogP contribution in [0.15, 0.2) is 30.6 Å². The molecule has 0 aliphatic carbocycles. The number of hydrogen-bond donors (Lipinski definition) is 2. The Labute approximate surface area is 189 Å². The number of aromatic nitrogens is 4. The van der Waals surface area contributed by atoms with Crippen molar-refractivity contribution in [3.63, 3.8) is 0 Å². The number of nitrogens with zero attached hydrogens (tertiary/aromatic N) is 5. The molecule has 1 aromatic carbocycles. The Hall–Kier alpha value is -3.60. The maximum absolute atomic E-state index is 13.4. The second-order valence-electron chi connectivity index (χ2n) is 7.65. The fraction of sp³-hybridized carbons (Fsp3) is 0.364. The van der Waals surface area contributed by atoms with E-state index >= 15 is 0 Å². The van der Waals surface area contributed by atoms with Crippen molar-refractivity contribution in [3.8, 4) is 0 Å². The third kappa shape index (κ3) is 5.43. The summed E-state index contributed by atoms with van der Waals surface area (Å²) in [5.74, 6) is -0.788. The van der Waals surface area contributed by atoms with Gasteiger partial charge in [0.25, 0.3) is 0 Å². The van der Waals surface area contributed by atoms with Gasteiger partial charge in [0.15, 0.2) is 17.5 Å². The number of fused-ring (bicyclic) bond motifs is 1. The van der Waals surface area contributed by atoms with E-state index < -0.39 is 11.6 Å². The van der Waals surface area contributed by atoms with Gasteiger partial charge in [-0.1, -0.05) is 6.07 Å². The molecule has 1 aliphatic rings. The van der Waals surface area contributed by atoms with Crippen LogP contribution in [-0.2, 0) is 22.6 Å². The van der Waals surface area contributed by atoms with Crippen molar-refractivity contribution < 1.29 is 18.3 Å². The molecule has 0 spiro atoms. The van der Waals surface area contributed by atoms with Crippen molar-refractivity contribution in [2.45, 2.75) is 26.9 Å². The standard InChI is InChI=1S/C22H25F2N7O2/c1-3-33-7-6-30-13-19(32)28-20-14(2)27-22(29-21(20)30)25-9-16-10-26-31(12-16)11-15-4-5-17(23)18(24)8-15/h4-5,8,10,12H,3,6-7,9,11,13H2,1-2H3,(H,28,32)(H,25,27,29). The summed E-state index contributed by atoms with van der Waals surface area (Å²) in [6, 6.07) is 3.79. The molecule has 11 heteroatoms. The van der Waals surface area contributed by atoms with Gasteiger partial charge >= 0.3 is 0 Å². The predicted octanol–water partition coefficient (Wildman–Crippen LogP) is 2.72. The van der Waals surface area contributed by atoms with Crippen molar-refractivity contribution >= 4 is 23.4 Å². The van der Waals surface area contributed by atoms with E-state index in [4.69, 9.17) is 4.74 Å². The molecule has 33 heavy (non-hydrogen) atoms. The normalized spacial score (nSPS) is 13.1. The van der Waals surface area contributed by atoms with E-state index in [1.54, 1.807) is 10.9 Å². The van der Waals surface area contributed by atoms with Crippen LogP contribution >= 0.6 is 0 Å². The highest BCUT2D eigenvalue weighted by Gasteiger charge is 2.26. The van der Waals surface area contributed by atoms with Gasteiger partial charge in [0, 0.05) is 31.5 Å². The van der Waals surface area contributed by atoms with E-state index in [9.17, 15) is 13.6 Å². The lowest BCUT2D eigenvalue weighted by molar-refractivity contribution is -0.115. The molecule has 9 nitrogen and oxygen atoms in total. The summed E-state index contributed by atoms with van der Waals surface area (Å²) in [4.78, 5) is 23.0. The van der Waals surface area contributed by atoms with Crippen LogP contribution in [0.2, 0.25) is 0 Å². The smallest absolute Gasteiger partial charge is 0.244 e. The van der Waals surface area contributed by atoms with Crippen LogP contribution in [0.4, 0.5) is 26.2 Å². The molecule has 0 radical (unpaired) electrons. The SMILES string of the molecule is CCOCCN1CC(=O)Nc2c(C)nc(NCc3cnn(Cc4ccc(F)c(F)c4)c3)nc21. The molecule has 174 valence electrons. The minimum atomic E-state index is -0.882. The summed E-state index contributed by atoms with van der Waals surface area (Å²) in [6.07, 6.45) is 3.50. The molecule has 3 heterocycles. The summed E-state index contributed by atoms with van der Waals surface area (Å²) in [6.45, 7) is 6.32. The van der Waals surface area contributed by atoms with Crippen LogP contribution in [0.5, 0.6) is 0 Å². The number of benzene rings is 1. The van der Waals surface area contributed by atoms with Crippen molar-refractivity contribution in [2.75, 3.05) is 41.8 Å². The highest BCUT2D eigenvalue weighted by molar-refractivity contribution is 6.01. The number of carbonyl (C=O) groups excluding carboxylic acids is 1. The Morgan fingerprint density at radius 2 is 2.06 bits per heavy atom. The van der Waals surface area contributed by atoms with E-state index in [2.05, 4.69) is 25.7 Å². The topological polar surface area (TPSA) is 97.2 Å². The molecule has 1 amide bonds. The van der Waals surface area contributed by atoms with E-state index in [-0.39, 0.29) is 12.5 Å². The van der Waals surface area contributed by atoms with Gasteiger partial charge < -0.3 is 20.3 Å². The van der Waals surface area contributed by atoms with E-state index in [0.717, 1.165) is 17.7 Å². The summed E-state index contributed by atoms with van der Waals surface area (Å²) in [7, 11) is 0. The van der Waals surface area contributed by atoms with Gasteiger partial charge in [-0.25, -0.2) is 13.8 Å². The Morgan fingerprint density at radius 3 is 2.85 bits per heavy atom. The lowest BCUT2D eigenvalue weighted by atomic mass is 10.2. The first-order valence-corrected chi connectivity index (χ1v) is 10.6. The van der Waals surface area contributed by atoms with Crippen LogP contribution < -0.4 is 15.5 Å². The highest BCUT2D eigenvalue weighted by Crippen LogP contribution is 2.30. The van der Waals surface area contributed by atoms with E-state index in [0.29, 0.717) is 61.6 Å². The highest BCUT2D eigenvalue weighted by atomic mass is 19.2. The molecule has 0 unspecified atom stereocenters. The molecule has 2 aromatic heterocycles. The van der Waals surface area contributed by atoms with E-state index in [1.165, 1.54) is 6.07 Å². The minimum Gasteiger partial charge on any atom is -0.380 e. The van der Waals surface area contributed by atoms with Gasteiger partial charge in [0.2, 0.25) is 11.9 Å². The first-order valence-electron chi connectivity index (χ1n) is 10.6. The Kier molecular flexibility index (Phi) is 6.78. The lowest BCUT2D eigenvalue weighted by Gasteiger charge is -2.30. The zero-order valence-corrected chi connectivity index (χ0v) is 18.4. The zero-order valence-electron chi connectivity index (χ0n) is 18.4. The van der Waals surface area contributed by atoms with Crippen molar-refractivity contribution in [1.29, 1.82) is 0 Å². The van der Waals surface area contributed by atoms with Crippen molar-refractivity contribution in [1.82, 2.24) is 19.7 Å².